The van der Waals surface area contributed by atoms with Crippen LogP contribution in [-0.2, 0) is 0 Å². The van der Waals surface area contributed by atoms with Gasteiger partial charge in [-0.2, -0.15) is 0 Å². The number of hydrogen-bond acceptors (Lipinski definition) is 5. The first-order valence-electron chi connectivity index (χ1n) is 9.73. The molecule has 0 saturated heterocycles. The molecule has 0 spiro atoms. The van der Waals surface area contributed by atoms with Gasteiger partial charge in [0, 0.05) is 11.6 Å². The molecular formula is C25H22N2O4. The van der Waals surface area contributed by atoms with E-state index in [4.69, 9.17) is 9.47 Å². The fraction of sp³-hybridized carbons (Fsp3) is 0.120. The zero-order valence-electron chi connectivity index (χ0n) is 17.5. The van der Waals surface area contributed by atoms with Crippen molar-refractivity contribution in [3.63, 3.8) is 0 Å². The van der Waals surface area contributed by atoms with Crippen LogP contribution in [0.25, 0.3) is 16.5 Å². The van der Waals surface area contributed by atoms with Crippen LogP contribution < -0.4 is 15.0 Å². The van der Waals surface area contributed by atoms with Crippen LogP contribution in [0.3, 0.4) is 0 Å². The molecule has 0 saturated carbocycles. The molecule has 0 radical (unpaired) electrons. The van der Waals surface area contributed by atoms with Crippen LogP contribution in [0, 0.1) is 6.92 Å². The molecule has 1 heterocycles. The third-order valence-corrected chi connectivity index (χ3v) is 5.17. The van der Waals surface area contributed by atoms with E-state index in [0.29, 0.717) is 33.5 Å². The van der Waals surface area contributed by atoms with Crippen molar-refractivity contribution in [3.8, 4) is 23.1 Å². The maximum absolute atomic E-state index is 13.4. The molecule has 0 amide bonds. The Labute approximate surface area is 179 Å². The van der Waals surface area contributed by atoms with Gasteiger partial charge < -0.3 is 14.6 Å². The number of aryl methyl sites for hydroxylation is 1. The number of rotatable bonds is 5. The second-order valence-electron chi connectivity index (χ2n) is 7.03. The van der Waals surface area contributed by atoms with E-state index in [9.17, 15) is 9.90 Å². The number of nitrogens with zero attached hydrogens (tertiary/aromatic N) is 2. The first-order chi connectivity index (χ1) is 15.0. The zero-order chi connectivity index (χ0) is 22.0. The highest BCUT2D eigenvalue weighted by molar-refractivity contribution is 6.02. The third-order valence-electron chi connectivity index (χ3n) is 5.17. The van der Waals surface area contributed by atoms with Crippen molar-refractivity contribution in [2.45, 2.75) is 6.92 Å². The minimum absolute atomic E-state index is 0.172. The average molecular weight is 414 g/mol. The van der Waals surface area contributed by atoms with Crippen molar-refractivity contribution in [3.05, 3.63) is 88.2 Å². The number of fused-ring (bicyclic) bond motifs is 1. The summed E-state index contributed by atoms with van der Waals surface area (Å²) in [6.07, 6.45) is 1.57. The van der Waals surface area contributed by atoms with Crippen molar-refractivity contribution >= 4 is 22.7 Å². The van der Waals surface area contributed by atoms with Gasteiger partial charge in [0.05, 0.1) is 36.5 Å². The van der Waals surface area contributed by atoms with Gasteiger partial charge in [0.1, 0.15) is 11.5 Å². The fourth-order valence-corrected chi connectivity index (χ4v) is 3.49. The summed E-state index contributed by atoms with van der Waals surface area (Å²) in [6.45, 7) is 1.89. The molecule has 1 aromatic heterocycles. The molecule has 31 heavy (non-hydrogen) atoms. The predicted molar refractivity (Wildman–Crippen MR) is 123 cm³/mol. The molecule has 0 atom stereocenters. The highest BCUT2D eigenvalue weighted by atomic mass is 16.5. The van der Waals surface area contributed by atoms with Gasteiger partial charge in [0.2, 0.25) is 5.88 Å². The second-order valence-corrected chi connectivity index (χ2v) is 7.03. The topological polar surface area (TPSA) is 73.0 Å². The minimum atomic E-state index is -0.331. The molecule has 6 heteroatoms. The molecule has 6 nitrogen and oxygen atoms in total. The van der Waals surface area contributed by atoms with Crippen molar-refractivity contribution in [1.29, 1.82) is 0 Å². The Hall–Kier alpha value is -4.06. The summed E-state index contributed by atoms with van der Waals surface area (Å²) in [5, 5.41) is 12.2. The molecular weight excluding hydrogens is 392 g/mol. The number of hydrogen-bond donors (Lipinski definition) is 1. The largest absolute Gasteiger partial charge is 0.497 e. The van der Waals surface area contributed by atoms with E-state index in [1.54, 1.807) is 44.7 Å². The highest BCUT2D eigenvalue weighted by Gasteiger charge is 2.18. The lowest BCUT2D eigenvalue weighted by atomic mass is 10.1. The van der Waals surface area contributed by atoms with Gasteiger partial charge in [0.25, 0.3) is 5.56 Å². The number of aromatic hydroxyl groups is 1. The van der Waals surface area contributed by atoms with Gasteiger partial charge in [-0.3, -0.25) is 9.79 Å². The van der Waals surface area contributed by atoms with Crippen LogP contribution in [0.5, 0.6) is 17.4 Å². The Balaban J connectivity index is 1.98. The van der Waals surface area contributed by atoms with Crippen LogP contribution in [0.2, 0.25) is 0 Å². The third kappa shape index (κ3) is 3.75. The number of aromatic nitrogens is 1. The molecule has 0 aliphatic rings. The number of benzene rings is 3. The monoisotopic (exact) mass is 414 g/mol. The Morgan fingerprint density at radius 2 is 1.58 bits per heavy atom. The smallest absolute Gasteiger partial charge is 0.265 e. The number of para-hydroxylation sites is 1. The van der Waals surface area contributed by atoms with Crippen molar-refractivity contribution in [2.24, 2.45) is 4.99 Å². The van der Waals surface area contributed by atoms with E-state index in [1.165, 1.54) is 4.57 Å². The van der Waals surface area contributed by atoms with E-state index in [2.05, 4.69) is 4.99 Å². The lowest BCUT2D eigenvalue weighted by Crippen LogP contribution is -2.21. The van der Waals surface area contributed by atoms with Crippen molar-refractivity contribution in [1.82, 2.24) is 4.57 Å². The van der Waals surface area contributed by atoms with Gasteiger partial charge in [-0.1, -0.05) is 18.2 Å². The Bertz CT molecular complexity index is 1340. The summed E-state index contributed by atoms with van der Waals surface area (Å²) in [7, 11) is 3.15. The van der Waals surface area contributed by atoms with Crippen molar-refractivity contribution < 1.29 is 14.6 Å². The molecule has 0 bridgehead atoms. The van der Waals surface area contributed by atoms with Crippen molar-refractivity contribution in [2.75, 3.05) is 14.2 Å². The van der Waals surface area contributed by atoms with Gasteiger partial charge in [-0.15, -0.1) is 0 Å². The fourth-order valence-electron chi connectivity index (χ4n) is 3.49. The molecule has 4 aromatic rings. The van der Waals surface area contributed by atoms with Crippen LogP contribution in [0.1, 0.15) is 11.1 Å². The Kier molecular flexibility index (Phi) is 5.45. The Morgan fingerprint density at radius 3 is 2.26 bits per heavy atom. The van der Waals surface area contributed by atoms with E-state index in [0.717, 1.165) is 11.3 Å². The van der Waals surface area contributed by atoms with Crippen LogP contribution in [0.4, 0.5) is 5.69 Å². The summed E-state index contributed by atoms with van der Waals surface area (Å²) in [5.74, 6) is 1.12. The van der Waals surface area contributed by atoms with E-state index in [-0.39, 0.29) is 11.4 Å². The standard InChI is InChI=1S/C25H22N2O4/c1-16-6-4-5-7-23(16)27-24(28)21-14-19(31-3)12-13-20(21)22(25(27)29)15-26-17-8-10-18(30-2)11-9-17/h4-15,29H,1-3H3. The number of ether oxygens (including phenoxy) is 2. The zero-order valence-corrected chi connectivity index (χ0v) is 17.5. The maximum Gasteiger partial charge on any atom is 0.265 e. The Morgan fingerprint density at radius 1 is 0.903 bits per heavy atom. The lowest BCUT2D eigenvalue weighted by molar-refractivity contribution is 0.415. The molecule has 0 aliphatic heterocycles. The molecule has 0 unspecified atom stereocenters. The van der Waals surface area contributed by atoms with Crippen LogP contribution >= 0.6 is 0 Å². The van der Waals surface area contributed by atoms with E-state index in [1.807, 2.05) is 49.4 Å². The molecule has 156 valence electrons. The van der Waals surface area contributed by atoms with Gasteiger partial charge in [0.15, 0.2) is 0 Å². The molecule has 1 N–H and O–H groups in total. The highest BCUT2D eigenvalue weighted by Crippen LogP contribution is 2.30. The summed E-state index contributed by atoms with van der Waals surface area (Å²) in [6, 6.07) is 19.8. The summed E-state index contributed by atoms with van der Waals surface area (Å²) < 4.78 is 11.8. The minimum Gasteiger partial charge on any atom is -0.497 e. The van der Waals surface area contributed by atoms with Crippen LogP contribution in [-0.4, -0.2) is 30.1 Å². The average Bonchev–Trinajstić information content (AvgIpc) is 2.80. The summed E-state index contributed by atoms with van der Waals surface area (Å²) in [5.41, 5.74) is 2.27. The predicted octanol–water partition coefficient (Wildman–Crippen LogP) is 4.77. The van der Waals surface area contributed by atoms with Crippen LogP contribution in [0.15, 0.2) is 76.5 Å². The second kappa shape index (κ2) is 8.36. The molecule has 4 rings (SSSR count). The van der Waals surface area contributed by atoms with Gasteiger partial charge in [-0.25, -0.2) is 4.57 Å². The van der Waals surface area contributed by atoms with Gasteiger partial charge >= 0.3 is 0 Å². The van der Waals surface area contributed by atoms with Gasteiger partial charge in [-0.05, 0) is 61.0 Å². The lowest BCUT2D eigenvalue weighted by Gasteiger charge is -2.16. The first-order valence-corrected chi connectivity index (χ1v) is 9.73. The first kappa shape index (κ1) is 20.2. The normalized spacial score (nSPS) is 11.2. The van der Waals surface area contributed by atoms with E-state index < -0.39 is 0 Å². The number of pyridine rings is 1. The molecule has 0 fully saturated rings. The number of methoxy groups -OCH3 is 2. The quantitative estimate of drug-likeness (QED) is 0.477. The maximum atomic E-state index is 13.4. The molecule has 3 aromatic carbocycles. The summed E-state index contributed by atoms with van der Waals surface area (Å²) >= 11 is 0. The molecule has 0 aliphatic carbocycles. The summed E-state index contributed by atoms with van der Waals surface area (Å²) in [4.78, 5) is 17.9. The number of aliphatic imine (C=N–C) groups is 1. The SMILES string of the molecule is COc1ccc(N=Cc2c(O)n(-c3ccccc3C)c(=O)c3cc(OC)ccc23)cc1. The van der Waals surface area contributed by atoms with E-state index >= 15 is 0 Å².